The van der Waals surface area contributed by atoms with Crippen LogP contribution in [0.2, 0.25) is 0 Å². The maximum Gasteiger partial charge on any atom is 0.151 e. The van der Waals surface area contributed by atoms with Crippen molar-refractivity contribution in [1.82, 2.24) is 0 Å². The second-order valence-electron chi connectivity index (χ2n) is 6.07. The zero-order chi connectivity index (χ0) is 13.3. The first kappa shape index (κ1) is 13.8. The summed E-state index contributed by atoms with van der Waals surface area (Å²) < 4.78 is 0. The van der Waals surface area contributed by atoms with Gasteiger partial charge in [0.25, 0.3) is 0 Å². The highest BCUT2D eigenvalue weighted by molar-refractivity contribution is 7.12. The van der Waals surface area contributed by atoms with Gasteiger partial charge in [-0.1, -0.05) is 40.5 Å². The minimum Gasteiger partial charge on any atom is -0.298 e. The van der Waals surface area contributed by atoms with E-state index in [1.165, 1.54) is 41.0 Å². The second kappa shape index (κ2) is 5.56. The van der Waals surface area contributed by atoms with Crippen molar-refractivity contribution in [3.63, 3.8) is 0 Å². The molecule has 0 N–H and O–H groups in total. The van der Waals surface area contributed by atoms with E-state index in [0.29, 0.717) is 17.8 Å². The SMILES string of the molecule is CC(C)c1sc(C(C)C)c(C2CCCC2)c1C=O. The van der Waals surface area contributed by atoms with Crippen molar-refractivity contribution in [2.75, 3.05) is 0 Å². The van der Waals surface area contributed by atoms with Gasteiger partial charge in [0.05, 0.1) is 0 Å². The Morgan fingerprint density at radius 2 is 1.61 bits per heavy atom. The summed E-state index contributed by atoms with van der Waals surface area (Å²) in [6, 6.07) is 0. The fourth-order valence-electron chi connectivity index (χ4n) is 3.11. The summed E-state index contributed by atoms with van der Waals surface area (Å²) in [5.41, 5.74) is 2.44. The van der Waals surface area contributed by atoms with Gasteiger partial charge in [0.15, 0.2) is 6.29 Å². The lowest BCUT2D eigenvalue weighted by atomic mass is 9.89. The van der Waals surface area contributed by atoms with Crippen LogP contribution in [0.3, 0.4) is 0 Å². The molecule has 0 radical (unpaired) electrons. The van der Waals surface area contributed by atoms with Crippen LogP contribution in [0.25, 0.3) is 0 Å². The summed E-state index contributed by atoms with van der Waals surface area (Å²) in [5, 5.41) is 0. The first-order chi connectivity index (χ1) is 8.56. The number of carbonyl (C=O) groups excluding carboxylic acids is 1. The van der Waals surface area contributed by atoms with Gasteiger partial charge in [-0.2, -0.15) is 0 Å². The fourth-order valence-corrected chi connectivity index (χ4v) is 4.47. The number of hydrogen-bond donors (Lipinski definition) is 0. The molecule has 1 aromatic rings. The van der Waals surface area contributed by atoms with Crippen molar-refractivity contribution in [1.29, 1.82) is 0 Å². The zero-order valence-corrected chi connectivity index (χ0v) is 12.8. The van der Waals surface area contributed by atoms with Gasteiger partial charge in [-0.05, 0) is 36.2 Å². The Morgan fingerprint density at radius 1 is 1.06 bits per heavy atom. The van der Waals surface area contributed by atoms with Crippen molar-refractivity contribution in [2.45, 2.75) is 71.1 Å². The van der Waals surface area contributed by atoms with Gasteiger partial charge in [-0.25, -0.2) is 0 Å². The minimum absolute atomic E-state index is 0.461. The largest absolute Gasteiger partial charge is 0.298 e. The number of hydrogen-bond acceptors (Lipinski definition) is 2. The summed E-state index contributed by atoms with van der Waals surface area (Å²) in [5.74, 6) is 1.64. The van der Waals surface area contributed by atoms with E-state index < -0.39 is 0 Å². The molecule has 1 aliphatic rings. The molecule has 18 heavy (non-hydrogen) atoms. The van der Waals surface area contributed by atoms with Crippen LogP contribution in [0, 0.1) is 0 Å². The molecule has 1 nitrogen and oxygen atoms in total. The molecule has 2 heteroatoms. The third-order valence-electron chi connectivity index (χ3n) is 3.97. The topological polar surface area (TPSA) is 17.1 Å². The average Bonchev–Trinajstić information content (AvgIpc) is 2.94. The Kier molecular flexibility index (Phi) is 4.26. The second-order valence-corrected chi connectivity index (χ2v) is 7.15. The van der Waals surface area contributed by atoms with Crippen molar-refractivity contribution >= 4 is 17.6 Å². The molecule has 1 saturated carbocycles. The predicted octanol–water partition coefficient (Wildman–Crippen LogP) is 5.47. The van der Waals surface area contributed by atoms with E-state index in [1.807, 2.05) is 11.3 Å². The number of carbonyl (C=O) groups is 1. The van der Waals surface area contributed by atoms with E-state index in [-0.39, 0.29) is 0 Å². The quantitative estimate of drug-likeness (QED) is 0.659. The van der Waals surface area contributed by atoms with Crippen LogP contribution >= 0.6 is 11.3 Å². The Hall–Kier alpha value is -0.630. The van der Waals surface area contributed by atoms with Crippen LogP contribution in [-0.2, 0) is 0 Å². The molecule has 0 atom stereocenters. The number of thiophene rings is 1. The van der Waals surface area contributed by atoms with Crippen molar-refractivity contribution in [3.05, 3.63) is 20.9 Å². The molecule has 1 fully saturated rings. The highest BCUT2D eigenvalue weighted by Gasteiger charge is 2.28. The normalized spacial score (nSPS) is 17.0. The van der Waals surface area contributed by atoms with E-state index in [2.05, 4.69) is 27.7 Å². The van der Waals surface area contributed by atoms with Crippen molar-refractivity contribution in [2.24, 2.45) is 0 Å². The maximum atomic E-state index is 11.6. The molecule has 1 heterocycles. The van der Waals surface area contributed by atoms with Crippen LogP contribution in [0.4, 0.5) is 0 Å². The maximum absolute atomic E-state index is 11.6. The van der Waals surface area contributed by atoms with E-state index in [4.69, 9.17) is 0 Å². The van der Waals surface area contributed by atoms with E-state index >= 15 is 0 Å². The summed E-state index contributed by atoms with van der Waals surface area (Å²) in [6.45, 7) is 8.90. The Morgan fingerprint density at radius 3 is 2.06 bits per heavy atom. The molecule has 0 saturated heterocycles. The standard InChI is InChI=1S/C16H24OS/c1-10(2)15-13(9-17)14(12-7-5-6-8-12)16(18-15)11(3)4/h9-12H,5-8H2,1-4H3. The smallest absolute Gasteiger partial charge is 0.151 e. The van der Waals surface area contributed by atoms with Crippen LogP contribution < -0.4 is 0 Å². The first-order valence-corrected chi connectivity index (χ1v) is 7.99. The van der Waals surface area contributed by atoms with E-state index in [9.17, 15) is 4.79 Å². The minimum atomic E-state index is 0.461. The Bertz CT molecular complexity index is 423. The van der Waals surface area contributed by atoms with Gasteiger partial charge >= 0.3 is 0 Å². The van der Waals surface area contributed by atoms with Gasteiger partial charge in [0, 0.05) is 15.3 Å². The van der Waals surface area contributed by atoms with Gasteiger partial charge in [-0.15, -0.1) is 11.3 Å². The lowest BCUT2D eigenvalue weighted by Gasteiger charge is -2.14. The number of rotatable bonds is 4. The predicted molar refractivity (Wildman–Crippen MR) is 79.1 cm³/mol. The lowest BCUT2D eigenvalue weighted by Crippen LogP contribution is -2.01. The molecule has 2 rings (SSSR count). The lowest BCUT2D eigenvalue weighted by molar-refractivity contribution is 0.112. The molecule has 0 aromatic carbocycles. The molecule has 1 aromatic heterocycles. The molecular formula is C16H24OS. The summed E-state index contributed by atoms with van der Waals surface area (Å²) in [6.07, 6.45) is 6.32. The first-order valence-electron chi connectivity index (χ1n) is 7.17. The molecule has 0 spiro atoms. The van der Waals surface area contributed by atoms with E-state index in [0.717, 1.165) is 11.8 Å². The number of aldehydes is 1. The molecule has 0 amide bonds. The summed E-state index contributed by atoms with van der Waals surface area (Å²) >= 11 is 1.88. The summed E-state index contributed by atoms with van der Waals surface area (Å²) in [4.78, 5) is 14.3. The van der Waals surface area contributed by atoms with Gasteiger partial charge in [0.2, 0.25) is 0 Å². The average molecular weight is 264 g/mol. The molecule has 0 bridgehead atoms. The highest BCUT2D eigenvalue weighted by Crippen LogP contribution is 2.45. The van der Waals surface area contributed by atoms with Crippen molar-refractivity contribution in [3.8, 4) is 0 Å². The van der Waals surface area contributed by atoms with Gasteiger partial charge in [-0.3, -0.25) is 4.79 Å². The molecule has 1 aliphatic carbocycles. The van der Waals surface area contributed by atoms with E-state index in [1.54, 1.807) is 0 Å². The van der Waals surface area contributed by atoms with Gasteiger partial charge in [0.1, 0.15) is 0 Å². The third kappa shape index (κ3) is 2.40. The molecule has 0 aliphatic heterocycles. The Balaban J connectivity index is 2.54. The Labute approximate surface area is 115 Å². The molecule has 0 unspecified atom stereocenters. The van der Waals surface area contributed by atoms with Crippen LogP contribution in [0.1, 0.15) is 96.8 Å². The molecule has 100 valence electrons. The van der Waals surface area contributed by atoms with Crippen LogP contribution in [-0.4, -0.2) is 6.29 Å². The molecular weight excluding hydrogens is 240 g/mol. The van der Waals surface area contributed by atoms with Crippen molar-refractivity contribution < 1.29 is 4.79 Å². The van der Waals surface area contributed by atoms with Crippen LogP contribution in [0.15, 0.2) is 0 Å². The summed E-state index contributed by atoms with van der Waals surface area (Å²) in [7, 11) is 0. The fraction of sp³-hybridized carbons (Fsp3) is 0.688. The monoisotopic (exact) mass is 264 g/mol. The third-order valence-corrected chi connectivity index (χ3v) is 5.79. The van der Waals surface area contributed by atoms with Crippen LogP contribution in [0.5, 0.6) is 0 Å². The highest BCUT2D eigenvalue weighted by atomic mass is 32.1. The zero-order valence-electron chi connectivity index (χ0n) is 12.0. The van der Waals surface area contributed by atoms with Gasteiger partial charge < -0.3 is 0 Å².